The van der Waals surface area contributed by atoms with E-state index in [0.29, 0.717) is 31.2 Å². The van der Waals surface area contributed by atoms with Gasteiger partial charge in [-0.15, -0.1) is 0 Å². The number of hydrogen-bond donors (Lipinski definition) is 6. The summed E-state index contributed by atoms with van der Waals surface area (Å²) in [6, 6.07) is 2.91. The number of hydrogen-bond acceptors (Lipinski definition) is 6. The number of fused-ring (bicyclic) bond motifs is 5. The fourth-order valence-corrected chi connectivity index (χ4v) is 5.63. The molecule has 0 amide bonds. The van der Waals surface area contributed by atoms with Crippen molar-refractivity contribution in [3.05, 3.63) is 23.3 Å². The Labute approximate surface area is 140 Å². The minimum absolute atomic E-state index is 0.210. The molecule has 1 aromatic carbocycles. The molecule has 0 radical (unpaired) electrons. The van der Waals surface area contributed by atoms with Crippen LogP contribution < -0.4 is 0 Å². The zero-order valence-corrected chi connectivity index (χ0v) is 13.6. The molecule has 132 valence electrons. The van der Waals surface area contributed by atoms with Crippen LogP contribution in [0, 0.1) is 11.3 Å². The fraction of sp³-hybridized carbons (Fsp3) is 0.667. The van der Waals surface area contributed by atoms with Crippen molar-refractivity contribution in [1.82, 2.24) is 0 Å². The van der Waals surface area contributed by atoms with Gasteiger partial charge in [0.2, 0.25) is 0 Å². The monoisotopic (exact) mass is 336 g/mol. The van der Waals surface area contributed by atoms with Gasteiger partial charge in [-0.1, -0.05) is 6.92 Å². The van der Waals surface area contributed by atoms with Crippen LogP contribution in [0.2, 0.25) is 0 Å². The van der Waals surface area contributed by atoms with Gasteiger partial charge in [0.25, 0.3) is 0 Å². The number of aliphatic hydroxyl groups excluding tert-OH is 3. The van der Waals surface area contributed by atoms with Crippen molar-refractivity contribution in [2.24, 2.45) is 11.3 Å². The first-order valence-corrected chi connectivity index (χ1v) is 8.53. The Balaban J connectivity index is 1.88. The quantitative estimate of drug-likeness (QED) is 0.381. The van der Waals surface area contributed by atoms with Gasteiger partial charge in [0, 0.05) is 5.92 Å². The molecule has 4 rings (SSSR count). The van der Waals surface area contributed by atoms with E-state index in [4.69, 9.17) is 0 Å². The number of rotatable bonds is 0. The second kappa shape index (κ2) is 4.85. The summed E-state index contributed by atoms with van der Waals surface area (Å²) in [5, 5.41) is 63.0. The molecule has 7 atom stereocenters. The molecule has 6 nitrogen and oxygen atoms in total. The molecule has 2 saturated carbocycles. The van der Waals surface area contributed by atoms with Crippen LogP contribution in [0.1, 0.15) is 43.2 Å². The molecule has 24 heavy (non-hydrogen) atoms. The number of benzene rings is 1. The topological polar surface area (TPSA) is 121 Å². The van der Waals surface area contributed by atoms with Gasteiger partial charge in [-0.3, -0.25) is 0 Å². The number of aromatic hydroxyl groups is 2. The van der Waals surface area contributed by atoms with Gasteiger partial charge in [-0.05, 0) is 54.9 Å². The molecule has 0 heterocycles. The molecule has 0 bridgehead atoms. The minimum atomic E-state index is -1.28. The van der Waals surface area contributed by atoms with E-state index in [0.717, 1.165) is 5.56 Å². The van der Waals surface area contributed by atoms with Gasteiger partial charge in [0.15, 0.2) is 11.5 Å². The first-order chi connectivity index (χ1) is 11.2. The Morgan fingerprint density at radius 3 is 2.42 bits per heavy atom. The van der Waals surface area contributed by atoms with Crippen molar-refractivity contribution in [1.29, 1.82) is 0 Å². The molecule has 6 heteroatoms. The second-order valence-electron chi connectivity index (χ2n) is 7.91. The summed E-state index contributed by atoms with van der Waals surface area (Å²) in [6.45, 7) is 1.65. The summed E-state index contributed by atoms with van der Waals surface area (Å²) >= 11 is 0. The molecule has 3 aliphatic rings. The number of aliphatic hydroxyl groups is 4. The highest BCUT2D eigenvalue weighted by Gasteiger charge is 2.70. The maximum atomic E-state index is 11.4. The molecular formula is C18H24O6. The molecule has 0 saturated heterocycles. The van der Waals surface area contributed by atoms with Crippen LogP contribution in [0.15, 0.2) is 12.1 Å². The van der Waals surface area contributed by atoms with Gasteiger partial charge >= 0.3 is 0 Å². The zero-order valence-electron chi connectivity index (χ0n) is 13.6. The van der Waals surface area contributed by atoms with Crippen LogP contribution in [0.4, 0.5) is 0 Å². The smallest absolute Gasteiger partial charge is 0.157 e. The minimum Gasteiger partial charge on any atom is -0.504 e. The molecular weight excluding hydrogens is 312 g/mol. The summed E-state index contributed by atoms with van der Waals surface area (Å²) in [6.07, 6.45) is -1.36. The Kier molecular flexibility index (Phi) is 3.26. The highest BCUT2D eigenvalue weighted by Crippen LogP contribution is 2.63. The highest BCUT2D eigenvalue weighted by molar-refractivity contribution is 5.49. The Bertz CT molecular complexity index is 690. The standard InChI is InChI=1S/C18H24O6/c1-17-13(21)4-5-18(17,24)10-3-2-8-6-11(19)12(20)7-9(8)14(10)15(22)16(17)23/h6-7,10,13-16,19-24H,2-5H2,1H3/t10-,13-,14-,15+,16+,17+,18+/m1/s1. The second-order valence-corrected chi connectivity index (χ2v) is 7.91. The van der Waals surface area contributed by atoms with Crippen LogP contribution in [-0.4, -0.2) is 54.6 Å². The molecule has 0 spiro atoms. The van der Waals surface area contributed by atoms with Gasteiger partial charge in [0.05, 0.1) is 29.3 Å². The summed E-state index contributed by atoms with van der Waals surface area (Å²) in [7, 11) is 0. The van der Waals surface area contributed by atoms with E-state index in [9.17, 15) is 30.6 Å². The largest absolute Gasteiger partial charge is 0.504 e. The SMILES string of the molecule is C[C@@]12[C@H](O)CC[C@]1(O)[C@@H]1CCc3cc(O)c(O)cc3[C@H]1[C@H](O)[C@@H]2O. The predicted molar refractivity (Wildman–Crippen MR) is 84.6 cm³/mol. The normalized spacial score (nSPS) is 47.0. The molecule has 6 N–H and O–H groups in total. The Morgan fingerprint density at radius 2 is 1.71 bits per heavy atom. The summed E-state index contributed by atoms with van der Waals surface area (Å²) in [4.78, 5) is 0. The maximum absolute atomic E-state index is 11.4. The molecule has 0 unspecified atom stereocenters. The summed E-state index contributed by atoms with van der Waals surface area (Å²) in [5.41, 5.74) is -0.987. The molecule has 0 aliphatic heterocycles. The van der Waals surface area contributed by atoms with Gasteiger partial charge in [0.1, 0.15) is 0 Å². The van der Waals surface area contributed by atoms with Crippen LogP contribution in [0.5, 0.6) is 11.5 Å². The van der Waals surface area contributed by atoms with E-state index < -0.39 is 35.2 Å². The third-order valence-electron chi connectivity index (χ3n) is 7.10. The van der Waals surface area contributed by atoms with E-state index in [1.807, 2.05) is 0 Å². The third-order valence-corrected chi connectivity index (χ3v) is 7.10. The van der Waals surface area contributed by atoms with Gasteiger partial charge < -0.3 is 30.6 Å². The lowest BCUT2D eigenvalue weighted by Crippen LogP contribution is -2.68. The van der Waals surface area contributed by atoms with Crippen molar-refractivity contribution in [3.63, 3.8) is 0 Å². The molecule has 0 aromatic heterocycles. The maximum Gasteiger partial charge on any atom is 0.157 e. The van der Waals surface area contributed by atoms with Crippen molar-refractivity contribution in [3.8, 4) is 11.5 Å². The van der Waals surface area contributed by atoms with Gasteiger partial charge in [-0.2, -0.15) is 0 Å². The van der Waals surface area contributed by atoms with Crippen LogP contribution >= 0.6 is 0 Å². The van der Waals surface area contributed by atoms with E-state index in [1.165, 1.54) is 12.1 Å². The average Bonchev–Trinajstić information content (AvgIpc) is 2.79. The first-order valence-electron chi connectivity index (χ1n) is 8.53. The predicted octanol–water partition coefficient (Wildman–Crippen LogP) is 0.371. The number of phenolic OH excluding ortho intramolecular Hbond substituents is 2. The van der Waals surface area contributed by atoms with Crippen LogP contribution in [0.25, 0.3) is 0 Å². The average molecular weight is 336 g/mol. The van der Waals surface area contributed by atoms with Crippen molar-refractivity contribution in [2.45, 2.75) is 62.4 Å². The Hall–Kier alpha value is -1.34. The lowest BCUT2D eigenvalue weighted by atomic mass is 9.50. The fourth-order valence-electron chi connectivity index (χ4n) is 5.63. The summed E-state index contributed by atoms with van der Waals surface area (Å²) in [5.74, 6) is -1.35. The number of aryl methyl sites for hydroxylation is 1. The summed E-state index contributed by atoms with van der Waals surface area (Å²) < 4.78 is 0. The van der Waals surface area contributed by atoms with Crippen molar-refractivity contribution < 1.29 is 30.6 Å². The lowest BCUT2D eigenvalue weighted by molar-refractivity contribution is -0.245. The zero-order chi connectivity index (χ0) is 17.4. The van der Waals surface area contributed by atoms with E-state index >= 15 is 0 Å². The van der Waals surface area contributed by atoms with E-state index in [2.05, 4.69) is 0 Å². The molecule has 2 fully saturated rings. The van der Waals surface area contributed by atoms with E-state index in [-0.39, 0.29) is 17.4 Å². The van der Waals surface area contributed by atoms with Crippen LogP contribution in [0.3, 0.4) is 0 Å². The molecule has 1 aromatic rings. The van der Waals surface area contributed by atoms with Crippen molar-refractivity contribution >= 4 is 0 Å². The van der Waals surface area contributed by atoms with Crippen LogP contribution in [-0.2, 0) is 6.42 Å². The first kappa shape index (κ1) is 16.1. The van der Waals surface area contributed by atoms with Crippen molar-refractivity contribution in [2.75, 3.05) is 0 Å². The lowest BCUT2D eigenvalue weighted by Gasteiger charge is -2.59. The Morgan fingerprint density at radius 1 is 1.04 bits per heavy atom. The molecule has 3 aliphatic carbocycles. The van der Waals surface area contributed by atoms with E-state index in [1.54, 1.807) is 6.92 Å². The highest BCUT2D eigenvalue weighted by atomic mass is 16.3. The van der Waals surface area contributed by atoms with Gasteiger partial charge in [-0.25, -0.2) is 0 Å². The number of phenols is 2. The third kappa shape index (κ3) is 1.69.